The summed E-state index contributed by atoms with van der Waals surface area (Å²) in [5, 5.41) is 9.33. The first kappa shape index (κ1) is 14.7. The van der Waals surface area contributed by atoms with Gasteiger partial charge in [-0.05, 0) is 26.0 Å². The Bertz CT molecular complexity index is 491. The number of nitrogens with two attached hydrogens (primary N) is 1. The molecular weight excluding hydrogens is 250 g/mol. The Morgan fingerprint density at radius 2 is 1.95 bits per heavy atom. The van der Waals surface area contributed by atoms with Crippen LogP contribution in [0.1, 0.15) is 38.9 Å². The zero-order chi connectivity index (χ0) is 14.7. The highest BCUT2D eigenvalue weighted by Gasteiger charge is 2.24. The maximum atomic E-state index is 9.33. The average Bonchev–Trinajstić information content (AvgIpc) is 2.83. The van der Waals surface area contributed by atoms with Crippen LogP contribution in [0.2, 0.25) is 0 Å². The number of piperazine rings is 1. The molecule has 0 aromatic carbocycles. The Morgan fingerprint density at radius 1 is 1.30 bits per heavy atom. The van der Waals surface area contributed by atoms with Crippen LogP contribution in [0, 0.1) is 11.3 Å². The Hall–Kier alpha value is -1.67. The molecule has 110 valence electrons. The van der Waals surface area contributed by atoms with E-state index in [0.717, 1.165) is 50.6 Å². The molecule has 0 unspecified atom stereocenters. The molecule has 0 amide bonds. The van der Waals surface area contributed by atoms with Crippen LogP contribution in [0.5, 0.6) is 0 Å². The Kier molecular flexibility index (Phi) is 4.56. The van der Waals surface area contributed by atoms with Crippen LogP contribution in [0.25, 0.3) is 0 Å². The second kappa shape index (κ2) is 6.19. The summed E-state index contributed by atoms with van der Waals surface area (Å²) in [6.07, 6.45) is 0.991. The fourth-order valence-electron chi connectivity index (χ4n) is 2.86. The minimum atomic E-state index is 0.293. The number of aromatic nitrogens is 1. The van der Waals surface area contributed by atoms with Gasteiger partial charge >= 0.3 is 0 Å². The second-order valence-electron chi connectivity index (χ2n) is 5.47. The van der Waals surface area contributed by atoms with Gasteiger partial charge in [-0.25, -0.2) is 0 Å². The molecule has 2 N–H and O–H groups in total. The minimum Gasteiger partial charge on any atom is -0.396 e. The molecule has 1 aromatic rings. The van der Waals surface area contributed by atoms with Crippen molar-refractivity contribution in [3.63, 3.8) is 0 Å². The molecule has 1 aliphatic rings. The molecular formula is C15H25N5. The number of nitriles is 1. The van der Waals surface area contributed by atoms with Gasteiger partial charge in [0, 0.05) is 32.2 Å². The van der Waals surface area contributed by atoms with Gasteiger partial charge in [0.1, 0.15) is 17.6 Å². The number of rotatable bonds is 4. The van der Waals surface area contributed by atoms with Crippen LogP contribution in [-0.4, -0.2) is 42.2 Å². The quantitative estimate of drug-likeness (QED) is 0.913. The standard InChI is InChI=1S/C15H25N5/c1-4-12(3)20-13(11-16)10-14(17)15(20)19-8-6-18(5-2)7-9-19/h10,12H,4-9,17H2,1-3H3/t12-/m1/s1. The van der Waals surface area contributed by atoms with Crippen molar-refractivity contribution in [2.24, 2.45) is 0 Å². The summed E-state index contributed by atoms with van der Waals surface area (Å²) in [7, 11) is 0. The van der Waals surface area contributed by atoms with Crippen molar-refractivity contribution in [2.75, 3.05) is 43.4 Å². The SMILES string of the molecule is CC[C@@H](C)n1c(C#N)cc(N)c1N1CCN(CC)CC1. The molecule has 2 heterocycles. The van der Waals surface area contributed by atoms with Crippen molar-refractivity contribution < 1.29 is 0 Å². The molecule has 1 saturated heterocycles. The molecule has 1 aromatic heterocycles. The molecule has 1 fully saturated rings. The molecule has 0 saturated carbocycles. The van der Waals surface area contributed by atoms with Gasteiger partial charge in [0.25, 0.3) is 0 Å². The van der Waals surface area contributed by atoms with Crippen LogP contribution < -0.4 is 10.6 Å². The number of anilines is 2. The lowest BCUT2D eigenvalue weighted by atomic mass is 10.2. The van der Waals surface area contributed by atoms with Crippen LogP contribution >= 0.6 is 0 Å². The van der Waals surface area contributed by atoms with Crippen molar-refractivity contribution in [3.8, 4) is 6.07 Å². The highest BCUT2D eigenvalue weighted by Crippen LogP contribution is 2.32. The Morgan fingerprint density at radius 3 is 2.45 bits per heavy atom. The summed E-state index contributed by atoms with van der Waals surface area (Å²) in [4.78, 5) is 4.77. The van der Waals surface area contributed by atoms with Crippen LogP contribution in [0.15, 0.2) is 6.07 Å². The van der Waals surface area contributed by atoms with Gasteiger partial charge in [0.15, 0.2) is 0 Å². The molecule has 2 rings (SSSR count). The Labute approximate surface area is 121 Å². The summed E-state index contributed by atoms with van der Waals surface area (Å²) in [5.74, 6) is 1.03. The normalized spacial score (nSPS) is 18.0. The lowest BCUT2D eigenvalue weighted by Crippen LogP contribution is -2.47. The maximum absolute atomic E-state index is 9.33. The topological polar surface area (TPSA) is 61.2 Å². The van der Waals surface area contributed by atoms with Gasteiger partial charge in [-0.15, -0.1) is 0 Å². The second-order valence-corrected chi connectivity index (χ2v) is 5.47. The maximum Gasteiger partial charge on any atom is 0.133 e. The van der Waals surface area contributed by atoms with E-state index in [1.165, 1.54) is 0 Å². The zero-order valence-corrected chi connectivity index (χ0v) is 12.8. The van der Waals surface area contributed by atoms with Gasteiger partial charge in [0.2, 0.25) is 0 Å². The number of nitrogen functional groups attached to an aromatic ring is 1. The van der Waals surface area contributed by atoms with Gasteiger partial charge < -0.3 is 20.1 Å². The highest BCUT2D eigenvalue weighted by atomic mass is 15.3. The third kappa shape index (κ3) is 2.61. The first-order chi connectivity index (χ1) is 9.62. The zero-order valence-electron chi connectivity index (χ0n) is 12.8. The van der Waals surface area contributed by atoms with Gasteiger partial charge in [-0.1, -0.05) is 13.8 Å². The molecule has 1 aliphatic heterocycles. The first-order valence-corrected chi connectivity index (χ1v) is 7.50. The lowest BCUT2D eigenvalue weighted by Gasteiger charge is -2.37. The molecule has 1 atom stereocenters. The van der Waals surface area contributed by atoms with Crippen LogP contribution in [0.3, 0.4) is 0 Å². The van der Waals surface area contributed by atoms with E-state index in [0.29, 0.717) is 11.7 Å². The van der Waals surface area contributed by atoms with Crippen molar-refractivity contribution in [1.82, 2.24) is 9.47 Å². The molecule has 0 aliphatic carbocycles. The summed E-state index contributed by atoms with van der Waals surface area (Å²) >= 11 is 0. The first-order valence-electron chi connectivity index (χ1n) is 7.50. The summed E-state index contributed by atoms with van der Waals surface area (Å²) < 4.78 is 2.11. The molecule has 0 radical (unpaired) electrons. The highest BCUT2D eigenvalue weighted by molar-refractivity contribution is 5.68. The van der Waals surface area contributed by atoms with Crippen LogP contribution in [-0.2, 0) is 0 Å². The fourth-order valence-corrected chi connectivity index (χ4v) is 2.86. The molecule has 0 bridgehead atoms. The van der Waals surface area contributed by atoms with E-state index in [2.05, 4.69) is 41.2 Å². The summed E-state index contributed by atoms with van der Waals surface area (Å²) in [6.45, 7) is 11.6. The van der Waals surface area contributed by atoms with Crippen molar-refractivity contribution in [3.05, 3.63) is 11.8 Å². The van der Waals surface area contributed by atoms with Crippen molar-refractivity contribution in [2.45, 2.75) is 33.2 Å². The predicted molar refractivity (Wildman–Crippen MR) is 82.9 cm³/mol. The number of hydrogen-bond acceptors (Lipinski definition) is 4. The summed E-state index contributed by atoms with van der Waals surface area (Å²) in [5.41, 5.74) is 7.58. The Balaban J connectivity index is 2.32. The minimum absolute atomic E-state index is 0.293. The predicted octanol–water partition coefficient (Wildman–Crippen LogP) is 2.05. The van der Waals surface area contributed by atoms with Crippen molar-refractivity contribution in [1.29, 1.82) is 5.26 Å². The van der Waals surface area contributed by atoms with E-state index in [4.69, 9.17) is 5.73 Å². The summed E-state index contributed by atoms with van der Waals surface area (Å²) in [6, 6.07) is 4.38. The van der Waals surface area contributed by atoms with Gasteiger partial charge in [-0.3, -0.25) is 0 Å². The molecule has 5 nitrogen and oxygen atoms in total. The van der Waals surface area contributed by atoms with Gasteiger partial charge in [-0.2, -0.15) is 5.26 Å². The van der Waals surface area contributed by atoms with E-state index in [9.17, 15) is 5.26 Å². The molecule has 0 spiro atoms. The fraction of sp³-hybridized carbons (Fsp3) is 0.667. The van der Waals surface area contributed by atoms with E-state index in [1.54, 1.807) is 0 Å². The average molecular weight is 275 g/mol. The molecule has 5 heteroatoms. The van der Waals surface area contributed by atoms with Crippen LogP contribution in [0.4, 0.5) is 11.5 Å². The lowest BCUT2D eigenvalue weighted by molar-refractivity contribution is 0.269. The van der Waals surface area contributed by atoms with Crippen molar-refractivity contribution >= 4 is 11.5 Å². The number of likely N-dealkylation sites (N-methyl/N-ethyl adjacent to an activating group) is 1. The third-order valence-corrected chi connectivity index (χ3v) is 4.30. The van der Waals surface area contributed by atoms with E-state index < -0.39 is 0 Å². The number of nitrogens with zero attached hydrogens (tertiary/aromatic N) is 4. The third-order valence-electron chi connectivity index (χ3n) is 4.30. The largest absolute Gasteiger partial charge is 0.396 e. The molecule has 20 heavy (non-hydrogen) atoms. The smallest absolute Gasteiger partial charge is 0.133 e. The monoisotopic (exact) mass is 275 g/mol. The number of hydrogen-bond donors (Lipinski definition) is 1. The van der Waals surface area contributed by atoms with E-state index >= 15 is 0 Å². The van der Waals surface area contributed by atoms with E-state index in [1.807, 2.05) is 6.07 Å². The van der Waals surface area contributed by atoms with E-state index in [-0.39, 0.29) is 0 Å². The van der Waals surface area contributed by atoms with Gasteiger partial charge in [0.05, 0.1) is 5.69 Å².